The maximum absolute atomic E-state index is 6.50. The highest BCUT2D eigenvalue weighted by Crippen LogP contribution is 2.46. The van der Waals surface area contributed by atoms with E-state index >= 15 is 0 Å². The number of rotatable bonds is 4. The van der Waals surface area contributed by atoms with Gasteiger partial charge in [0.2, 0.25) is 0 Å². The minimum atomic E-state index is -0.0474. The van der Waals surface area contributed by atoms with Crippen molar-refractivity contribution in [3.8, 4) is 33.9 Å². The number of hydrogen-bond donors (Lipinski definition) is 0. The highest BCUT2D eigenvalue weighted by Gasteiger charge is 2.30. The van der Waals surface area contributed by atoms with Crippen LogP contribution in [0.4, 0.5) is 0 Å². The van der Waals surface area contributed by atoms with Crippen molar-refractivity contribution in [1.29, 1.82) is 0 Å². The normalized spacial score (nSPS) is 16.8. The molecule has 0 radical (unpaired) electrons. The lowest BCUT2D eigenvalue weighted by atomic mass is 9.73. The number of nitrogens with zero attached hydrogens (tertiary/aromatic N) is 3. The van der Waals surface area contributed by atoms with Crippen molar-refractivity contribution in [2.75, 3.05) is 0 Å². The predicted molar refractivity (Wildman–Crippen MR) is 221 cm³/mol. The summed E-state index contributed by atoms with van der Waals surface area (Å²) >= 11 is 1.83. The lowest BCUT2D eigenvalue weighted by molar-refractivity contribution is 0.528. The van der Waals surface area contributed by atoms with Gasteiger partial charge in [-0.15, -0.1) is 11.3 Å². The number of fused-ring (bicyclic) bond motifs is 8. The van der Waals surface area contributed by atoms with Crippen molar-refractivity contribution in [1.82, 2.24) is 15.0 Å². The molecule has 3 heterocycles. The van der Waals surface area contributed by atoms with Crippen LogP contribution in [0, 0.1) is 5.41 Å². The molecule has 0 saturated heterocycles. The van der Waals surface area contributed by atoms with E-state index in [1.54, 1.807) is 0 Å². The Morgan fingerprint density at radius 2 is 1.40 bits per heavy atom. The van der Waals surface area contributed by atoms with Crippen LogP contribution >= 0.6 is 11.3 Å². The number of para-hydroxylation sites is 1. The third-order valence-corrected chi connectivity index (χ3v) is 12.1. The number of furan rings is 1. The average molecular weight is 698 g/mol. The quantitative estimate of drug-likeness (QED) is 0.184. The van der Waals surface area contributed by atoms with Crippen LogP contribution in [0.25, 0.3) is 92.4 Å². The molecule has 9 aromatic rings. The molecule has 2 aliphatic carbocycles. The van der Waals surface area contributed by atoms with E-state index in [2.05, 4.69) is 153 Å². The second kappa shape index (κ2) is 11.5. The molecule has 0 amide bonds. The molecular weight excluding hydrogens is 667 g/mol. The third kappa shape index (κ3) is 4.85. The van der Waals surface area contributed by atoms with Gasteiger partial charge in [0.25, 0.3) is 0 Å². The summed E-state index contributed by atoms with van der Waals surface area (Å²) in [6, 6.07) is 42.8. The minimum absolute atomic E-state index is 0.0474. The standard InChI is InChI=1S/C48H31N3OS/c1-48-24-9-8-12-34(48)27-33(23-25-48)46-49-45(32-18-17-29-10-2-3-11-30(29)26-32)50-47(51-46)44-35(20-21-40-43(44)37-14-4-6-15-39(37)52-40)31-19-22-42-38(28-31)36-13-5-7-16-41(36)53-42/h2-24,26-28H,25H2,1H3. The van der Waals surface area contributed by atoms with Crippen molar-refractivity contribution in [3.05, 3.63) is 169 Å². The molecule has 1 atom stereocenters. The first-order chi connectivity index (χ1) is 26.1. The predicted octanol–water partition coefficient (Wildman–Crippen LogP) is 13.1. The van der Waals surface area contributed by atoms with Gasteiger partial charge in [0.1, 0.15) is 11.2 Å². The summed E-state index contributed by atoms with van der Waals surface area (Å²) in [6.45, 7) is 2.29. The molecule has 250 valence electrons. The van der Waals surface area contributed by atoms with E-state index in [0.29, 0.717) is 17.5 Å². The highest BCUT2D eigenvalue weighted by molar-refractivity contribution is 7.25. The minimum Gasteiger partial charge on any atom is -0.456 e. The van der Waals surface area contributed by atoms with Gasteiger partial charge in [-0.2, -0.15) is 0 Å². The van der Waals surface area contributed by atoms with Crippen molar-refractivity contribution >= 4 is 69.8 Å². The van der Waals surface area contributed by atoms with Gasteiger partial charge in [-0.25, -0.2) is 15.0 Å². The van der Waals surface area contributed by atoms with Crippen LogP contribution in [0.3, 0.4) is 0 Å². The molecular formula is C48H31N3OS. The summed E-state index contributed by atoms with van der Waals surface area (Å²) in [4.78, 5) is 16.0. The molecule has 2 aliphatic rings. The first kappa shape index (κ1) is 30.2. The van der Waals surface area contributed by atoms with Crippen molar-refractivity contribution in [2.24, 2.45) is 5.41 Å². The van der Waals surface area contributed by atoms with Crippen LogP contribution < -0.4 is 0 Å². The van der Waals surface area contributed by atoms with Gasteiger partial charge >= 0.3 is 0 Å². The molecule has 1 unspecified atom stereocenters. The maximum atomic E-state index is 6.50. The number of hydrogen-bond acceptors (Lipinski definition) is 5. The molecule has 0 spiro atoms. The Morgan fingerprint density at radius 3 is 2.34 bits per heavy atom. The lowest BCUT2D eigenvalue weighted by Gasteiger charge is -2.32. The van der Waals surface area contributed by atoms with E-state index in [4.69, 9.17) is 19.4 Å². The molecule has 3 aromatic heterocycles. The van der Waals surface area contributed by atoms with Gasteiger partial charge in [0.15, 0.2) is 17.5 Å². The Labute approximate surface area is 309 Å². The fourth-order valence-electron chi connectivity index (χ4n) is 8.07. The Bertz CT molecular complexity index is 3120. The first-order valence-corrected chi connectivity index (χ1v) is 18.8. The molecule has 11 rings (SSSR count). The van der Waals surface area contributed by atoms with Crippen LogP contribution in [0.5, 0.6) is 0 Å². The zero-order chi connectivity index (χ0) is 35.1. The maximum Gasteiger partial charge on any atom is 0.165 e. The largest absolute Gasteiger partial charge is 0.456 e. The van der Waals surface area contributed by atoms with Gasteiger partial charge in [0, 0.05) is 53.1 Å². The molecule has 0 N–H and O–H groups in total. The smallest absolute Gasteiger partial charge is 0.165 e. The van der Waals surface area contributed by atoms with E-state index in [9.17, 15) is 0 Å². The Kier molecular flexibility index (Phi) is 6.58. The second-order valence-corrected chi connectivity index (χ2v) is 15.3. The van der Waals surface area contributed by atoms with Crippen molar-refractivity contribution in [2.45, 2.75) is 13.3 Å². The lowest BCUT2D eigenvalue weighted by Crippen LogP contribution is -2.19. The first-order valence-electron chi connectivity index (χ1n) is 18.0. The SMILES string of the molecule is CC12C=CC=CC1=CC(c1nc(-c3ccc4ccccc4c3)nc(-c3c(-c4ccc5sc6ccccc6c5c4)ccc4oc5ccccc5c34)n1)=CC2. The zero-order valence-electron chi connectivity index (χ0n) is 28.9. The monoisotopic (exact) mass is 697 g/mol. The van der Waals surface area contributed by atoms with Gasteiger partial charge in [-0.3, -0.25) is 0 Å². The Morgan fingerprint density at radius 1 is 0.623 bits per heavy atom. The summed E-state index contributed by atoms with van der Waals surface area (Å²) in [6.07, 6.45) is 14.1. The molecule has 0 bridgehead atoms. The highest BCUT2D eigenvalue weighted by atomic mass is 32.1. The summed E-state index contributed by atoms with van der Waals surface area (Å²) in [7, 11) is 0. The third-order valence-electron chi connectivity index (χ3n) is 10.9. The fourth-order valence-corrected chi connectivity index (χ4v) is 9.16. The number of benzene rings is 6. The number of aromatic nitrogens is 3. The molecule has 5 heteroatoms. The summed E-state index contributed by atoms with van der Waals surface area (Å²) in [5.74, 6) is 1.91. The van der Waals surface area contributed by atoms with Gasteiger partial charge < -0.3 is 4.42 Å². The van der Waals surface area contributed by atoms with Crippen LogP contribution in [-0.2, 0) is 0 Å². The second-order valence-electron chi connectivity index (χ2n) is 14.2. The van der Waals surface area contributed by atoms with Crippen LogP contribution in [-0.4, -0.2) is 15.0 Å². The van der Waals surface area contributed by atoms with E-state index in [1.807, 2.05) is 23.5 Å². The summed E-state index contributed by atoms with van der Waals surface area (Å²) in [5, 5.41) is 6.86. The number of allylic oxidation sites excluding steroid dienone is 8. The van der Waals surface area contributed by atoms with Crippen molar-refractivity contribution < 1.29 is 4.42 Å². The molecule has 0 saturated carbocycles. The van der Waals surface area contributed by atoms with Crippen LogP contribution in [0.15, 0.2) is 168 Å². The van der Waals surface area contributed by atoms with Crippen LogP contribution in [0.2, 0.25) is 0 Å². The topological polar surface area (TPSA) is 51.8 Å². The summed E-state index contributed by atoms with van der Waals surface area (Å²) < 4.78 is 9.05. The average Bonchev–Trinajstić information content (AvgIpc) is 3.78. The van der Waals surface area contributed by atoms with Crippen LogP contribution in [0.1, 0.15) is 19.2 Å². The Balaban J connectivity index is 1.21. The molecule has 6 aromatic carbocycles. The van der Waals surface area contributed by atoms with Gasteiger partial charge in [0.05, 0.1) is 0 Å². The number of thiophene rings is 1. The summed E-state index contributed by atoms with van der Waals surface area (Å²) in [5.41, 5.74) is 7.88. The van der Waals surface area contributed by atoms with E-state index < -0.39 is 0 Å². The molecule has 0 fully saturated rings. The molecule has 53 heavy (non-hydrogen) atoms. The van der Waals surface area contributed by atoms with E-state index in [-0.39, 0.29) is 5.41 Å². The Hall–Kier alpha value is -6.43. The zero-order valence-corrected chi connectivity index (χ0v) is 29.7. The van der Waals surface area contributed by atoms with Gasteiger partial charge in [-0.05, 0) is 82.4 Å². The fraction of sp³-hybridized carbons (Fsp3) is 0.0625. The van der Waals surface area contributed by atoms with E-state index in [0.717, 1.165) is 61.6 Å². The van der Waals surface area contributed by atoms with Gasteiger partial charge in [-0.1, -0.05) is 116 Å². The molecule has 0 aliphatic heterocycles. The van der Waals surface area contributed by atoms with Crippen molar-refractivity contribution in [3.63, 3.8) is 0 Å². The van der Waals surface area contributed by atoms with E-state index in [1.165, 1.54) is 31.1 Å². The molecule has 4 nitrogen and oxygen atoms in total.